The first-order valence-electron chi connectivity index (χ1n) is 9.88. The number of sulfonamides is 1. The summed E-state index contributed by atoms with van der Waals surface area (Å²) in [5.41, 5.74) is 2.20. The van der Waals surface area contributed by atoms with Crippen molar-refractivity contribution >= 4 is 42.5 Å². The molecular weight excluding hydrogens is 511 g/mol. The standard InChI is InChI=1S/C24H20BrFN2O4S/c1-31-22-13-17-16(9-10-27-21(17)14-23(22)32-2)11-15-7-8-20(19(26)12-15)28-33(29,30)24-6-4-3-5-18(24)25/h3-10,12-14,28H,11H2,1-2H3. The van der Waals surface area contributed by atoms with Crippen LogP contribution in [0.15, 0.2) is 76.2 Å². The molecule has 1 N–H and O–H groups in total. The zero-order valence-corrected chi connectivity index (χ0v) is 20.2. The van der Waals surface area contributed by atoms with Gasteiger partial charge in [0.1, 0.15) is 10.7 Å². The largest absolute Gasteiger partial charge is 0.493 e. The molecular formula is C24H20BrFN2O4S. The minimum Gasteiger partial charge on any atom is -0.493 e. The molecule has 0 saturated carbocycles. The van der Waals surface area contributed by atoms with E-state index in [0.29, 0.717) is 28.0 Å². The Hall–Kier alpha value is -3.17. The van der Waals surface area contributed by atoms with Crippen molar-refractivity contribution in [2.45, 2.75) is 11.3 Å². The molecule has 0 radical (unpaired) electrons. The molecule has 0 bridgehead atoms. The Balaban J connectivity index is 1.63. The summed E-state index contributed by atoms with van der Waals surface area (Å²) in [6, 6.07) is 16.3. The second-order valence-electron chi connectivity index (χ2n) is 7.22. The number of hydrogen-bond acceptors (Lipinski definition) is 5. The van der Waals surface area contributed by atoms with Crippen LogP contribution < -0.4 is 14.2 Å². The number of halogens is 2. The van der Waals surface area contributed by atoms with Crippen molar-refractivity contribution in [3.63, 3.8) is 0 Å². The Morgan fingerprint density at radius 1 is 1.00 bits per heavy atom. The lowest BCUT2D eigenvalue weighted by Gasteiger charge is -2.13. The van der Waals surface area contributed by atoms with Crippen molar-refractivity contribution in [3.05, 3.63) is 88.3 Å². The molecule has 170 valence electrons. The van der Waals surface area contributed by atoms with E-state index in [0.717, 1.165) is 16.5 Å². The molecule has 0 saturated heterocycles. The first-order valence-corrected chi connectivity index (χ1v) is 12.2. The number of anilines is 1. The zero-order valence-electron chi connectivity index (χ0n) is 17.8. The van der Waals surface area contributed by atoms with Crippen LogP contribution in [0.2, 0.25) is 0 Å². The van der Waals surface area contributed by atoms with E-state index in [2.05, 4.69) is 25.6 Å². The number of rotatable bonds is 7. The molecule has 0 fully saturated rings. The van der Waals surface area contributed by atoms with Crippen LogP contribution in [0.5, 0.6) is 11.5 Å². The highest BCUT2D eigenvalue weighted by molar-refractivity contribution is 9.10. The molecule has 4 aromatic rings. The Kier molecular flexibility index (Phi) is 6.53. The molecule has 33 heavy (non-hydrogen) atoms. The lowest BCUT2D eigenvalue weighted by Crippen LogP contribution is -2.14. The van der Waals surface area contributed by atoms with E-state index in [1.54, 1.807) is 50.7 Å². The molecule has 6 nitrogen and oxygen atoms in total. The second-order valence-corrected chi connectivity index (χ2v) is 9.73. The number of nitrogens with one attached hydrogen (secondary N) is 1. The molecule has 1 aromatic heterocycles. The first-order chi connectivity index (χ1) is 15.8. The van der Waals surface area contributed by atoms with E-state index in [1.807, 2.05) is 12.1 Å². The van der Waals surface area contributed by atoms with Crippen LogP contribution in [-0.2, 0) is 16.4 Å². The van der Waals surface area contributed by atoms with Gasteiger partial charge >= 0.3 is 0 Å². The topological polar surface area (TPSA) is 77.5 Å². The summed E-state index contributed by atoms with van der Waals surface area (Å²) < 4.78 is 53.6. The summed E-state index contributed by atoms with van der Waals surface area (Å²) >= 11 is 3.22. The fourth-order valence-corrected chi connectivity index (χ4v) is 5.59. The van der Waals surface area contributed by atoms with E-state index in [1.165, 1.54) is 18.2 Å². The third-order valence-electron chi connectivity index (χ3n) is 5.14. The Morgan fingerprint density at radius 3 is 2.42 bits per heavy atom. The molecule has 0 unspecified atom stereocenters. The molecule has 0 amide bonds. The molecule has 0 atom stereocenters. The van der Waals surface area contributed by atoms with Gasteiger partial charge in [0.2, 0.25) is 0 Å². The van der Waals surface area contributed by atoms with Gasteiger partial charge in [-0.3, -0.25) is 9.71 Å². The van der Waals surface area contributed by atoms with Gasteiger partial charge in [0.15, 0.2) is 11.5 Å². The normalized spacial score (nSPS) is 11.4. The fourth-order valence-electron chi connectivity index (χ4n) is 3.52. The monoisotopic (exact) mass is 530 g/mol. The van der Waals surface area contributed by atoms with Crippen LogP contribution in [0.1, 0.15) is 11.1 Å². The lowest BCUT2D eigenvalue weighted by molar-refractivity contribution is 0.356. The number of pyridine rings is 1. The van der Waals surface area contributed by atoms with Crippen LogP contribution >= 0.6 is 15.9 Å². The van der Waals surface area contributed by atoms with Gasteiger partial charge in [-0.1, -0.05) is 18.2 Å². The third kappa shape index (κ3) is 4.79. The highest BCUT2D eigenvalue weighted by atomic mass is 79.9. The van der Waals surface area contributed by atoms with Gasteiger partial charge in [0, 0.05) is 22.1 Å². The number of benzene rings is 3. The van der Waals surface area contributed by atoms with E-state index >= 15 is 0 Å². The molecule has 0 aliphatic carbocycles. The quantitative estimate of drug-likeness (QED) is 0.339. The van der Waals surface area contributed by atoms with Gasteiger partial charge in [-0.05, 0) is 69.9 Å². The molecule has 3 aromatic carbocycles. The van der Waals surface area contributed by atoms with E-state index in [-0.39, 0.29) is 10.6 Å². The van der Waals surface area contributed by atoms with Crippen molar-refractivity contribution in [1.82, 2.24) is 4.98 Å². The summed E-state index contributed by atoms with van der Waals surface area (Å²) in [7, 11) is -0.836. The minimum atomic E-state index is -3.95. The summed E-state index contributed by atoms with van der Waals surface area (Å²) in [5.74, 6) is 0.477. The maximum absolute atomic E-state index is 14.8. The summed E-state index contributed by atoms with van der Waals surface area (Å²) in [6.45, 7) is 0. The third-order valence-corrected chi connectivity index (χ3v) is 7.51. The van der Waals surface area contributed by atoms with E-state index in [4.69, 9.17) is 9.47 Å². The van der Waals surface area contributed by atoms with Crippen molar-refractivity contribution in [2.24, 2.45) is 0 Å². The molecule has 0 aliphatic heterocycles. The van der Waals surface area contributed by atoms with Crippen molar-refractivity contribution in [1.29, 1.82) is 0 Å². The van der Waals surface area contributed by atoms with Crippen LogP contribution in [0, 0.1) is 5.82 Å². The lowest BCUT2D eigenvalue weighted by atomic mass is 10.0. The van der Waals surface area contributed by atoms with Crippen LogP contribution in [0.4, 0.5) is 10.1 Å². The SMILES string of the molecule is COc1cc2nccc(Cc3ccc(NS(=O)(=O)c4ccccc4Br)c(F)c3)c2cc1OC. The van der Waals surface area contributed by atoms with Gasteiger partial charge in [-0.15, -0.1) is 0 Å². The minimum absolute atomic E-state index is 0.0288. The maximum Gasteiger partial charge on any atom is 0.263 e. The number of nitrogens with zero attached hydrogens (tertiary/aromatic N) is 1. The van der Waals surface area contributed by atoms with Crippen molar-refractivity contribution in [3.8, 4) is 11.5 Å². The van der Waals surface area contributed by atoms with Gasteiger partial charge < -0.3 is 9.47 Å². The number of fused-ring (bicyclic) bond motifs is 1. The average Bonchev–Trinajstić information content (AvgIpc) is 2.80. The predicted molar refractivity (Wildman–Crippen MR) is 129 cm³/mol. The smallest absolute Gasteiger partial charge is 0.263 e. The van der Waals surface area contributed by atoms with E-state index < -0.39 is 15.8 Å². The maximum atomic E-state index is 14.8. The number of methoxy groups -OCH3 is 2. The summed E-state index contributed by atoms with van der Waals surface area (Å²) in [5, 5.41) is 0.856. The summed E-state index contributed by atoms with van der Waals surface area (Å²) in [4.78, 5) is 4.41. The average molecular weight is 531 g/mol. The van der Waals surface area contributed by atoms with Gasteiger partial charge in [-0.25, -0.2) is 12.8 Å². The zero-order chi connectivity index (χ0) is 23.6. The van der Waals surface area contributed by atoms with Crippen molar-refractivity contribution < 1.29 is 22.3 Å². The second kappa shape index (κ2) is 9.36. The van der Waals surface area contributed by atoms with Gasteiger partial charge in [0.05, 0.1) is 25.4 Å². The Morgan fingerprint density at radius 2 is 1.73 bits per heavy atom. The van der Waals surface area contributed by atoms with Gasteiger partial charge in [0.25, 0.3) is 10.0 Å². The predicted octanol–water partition coefficient (Wildman–Crippen LogP) is 5.55. The molecule has 9 heteroatoms. The first kappa shape index (κ1) is 23.0. The number of aromatic nitrogens is 1. The van der Waals surface area contributed by atoms with Crippen LogP contribution in [0.25, 0.3) is 10.9 Å². The van der Waals surface area contributed by atoms with Crippen LogP contribution in [0.3, 0.4) is 0 Å². The Labute approximate surface area is 199 Å². The summed E-state index contributed by atoms with van der Waals surface area (Å²) in [6.07, 6.45) is 2.10. The molecule has 0 spiro atoms. The fraction of sp³-hybridized carbons (Fsp3) is 0.125. The van der Waals surface area contributed by atoms with Crippen molar-refractivity contribution in [2.75, 3.05) is 18.9 Å². The van der Waals surface area contributed by atoms with E-state index in [9.17, 15) is 12.8 Å². The van der Waals surface area contributed by atoms with Crippen LogP contribution in [-0.4, -0.2) is 27.6 Å². The Bertz CT molecular complexity index is 1440. The molecule has 4 rings (SSSR count). The number of ether oxygens (including phenoxy) is 2. The number of hydrogen-bond donors (Lipinski definition) is 1. The van der Waals surface area contributed by atoms with Gasteiger partial charge in [-0.2, -0.15) is 0 Å². The highest BCUT2D eigenvalue weighted by Crippen LogP contribution is 2.33. The molecule has 1 heterocycles. The highest BCUT2D eigenvalue weighted by Gasteiger charge is 2.19. The molecule has 0 aliphatic rings.